The van der Waals surface area contributed by atoms with Crippen LogP contribution in [0.5, 0.6) is 0 Å². The van der Waals surface area contributed by atoms with Gasteiger partial charge in [-0.2, -0.15) is 17.5 Å². The van der Waals surface area contributed by atoms with E-state index in [1.165, 1.54) is 18.2 Å². The lowest BCUT2D eigenvalue weighted by molar-refractivity contribution is -0.384. The molecule has 1 aromatic carbocycles. The molecule has 0 heterocycles. The minimum Gasteiger partial charge on any atom is -0.261 e. The predicted molar refractivity (Wildman–Crippen MR) is 64.4 cm³/mol. The summed E-state index contributed by atoms with van der Waals surface area (Å²) in [5, 5.41) is 10.5. The maximum atomic E-state index is 12.0. The fraction of sp³-hybridized carbons (Fsp3) is 0.300. The van der Waals surface area contributed by atoms with Gasteiger partial charge in [0.1, 0.15) is 0 Å². The molecule has 6 nitrogen and oxygen atoms in total. The van der Waals surface area contributed by atoms with E-state index in [0.717, 1.165) is 12.3 Å². The molecule has 1 aromatic rings. The molecule has 0 radical (unpaired) electrons. The number of non-ortho nitro benzene ring substituents is 1. The van der Waals surface area contributed by atoms with Gasteiger partial charge in [-0.25, -0.2) is 4.21 Å². The zero-order chi connectivity index (χ0) is 15.6. The van der Waals surface area contributed by atoms with Crippen LogP contribution in [0.15, 0.2) is 28.6 Å². The van der Waals surface area contributed by atoms with E-state index in [1.807, 2.05) is 0 Å². The molecule has 0 spiro atoms. The molecule has 0 aromatic heterocycles. The number of hydrogen-bond donors (Lipinski definition) is 0. The van der Waals surface area contributed by atoms with Crippen LogP contribution in [-0.2, 0) is 20.3 Å². The summed E-state index contributed by atoms with van der Waals surface area (Å²) in [4.78, 5) is 20.5. The quantitative estimate of drug-likeness (QED) is 0.632. The van der Waals surface area contributed by atoms with E-state index in [-0.39, 0.29) is 11.3 Å². The highest BCUT2D eigenvalue weighted by Crippen LogP contribution is 2.19. The summed E-state index contributed by atoms with van der Waals surface area (Å²) in [6.45, 7) is 0. The van der Waals surface area contributed by atoms with Crippen LogP contribution in [0.25, 0.3) is 0 Å². The van der Waals surface area contributed by atoms with Crippen molar-refractivity contribution in [2.45, 2.75) is 11.9 Å². The number of halogens is 3. The van der Waals surface area contributed by atoms with Gasteiger partial charge in [-0.05, 0) is 5.56 Å². The number of nitro benzene ring substituents is 1. The van der Waals surface area contributed by atoms with Crippen LogP contribution in [0.2, 0.25) is 0 Å². The third-order valence-electron chi connectivity index (χ3n) is 2.07. The van der Waals surface area contributed by atoms with Gasteiger partial charge in [-0.1, -0.05) is 12.1 Å². The molecule has 0 aliphatic rings. The Bertz CT molecular complexity index is 663. The van der Waals surface area contributed by atoms with Gasteiger partial charge in [-0.3, -0.25) is 14.9 Å². The first-order valence-corrected chi connectivity index (χ1v) is 7.15. The average molecular weight is 310 g/mol. The highest BCUT2D eigenvalue weighted by molar-refractivity contribution is 7.92. The number of benzene rings is 1. The third kappa shape index (κ3) is 4.61. The molecule has 1 unspecified atom stereocenters. The summed E-state index contributed by atoms with van der Waals surface area (Å²) in [5.41, 5.74) is -0.134. The van der Waals surface area contributed by atoms with E-state index in [9.17, 15) is 32.3 Å². The van der Waals surface area contributed by atoms with Gasteiger partial charge < -0.3 is 0 Å². The summed E-state index contributed by atoms with van der Waals surface area (Å²) in [6, 6.07) is 4.90. The molecule has 110 valence electrons. The second-order valence-corrected chi connectivity index (χ2v) is 6.32. The second-order valence-electron chi connectivity index (χ2n) is 3.92. The molecule has 1 atom stereocenters. The smallest absolute Gasteiger partial charge is 0.261 e. The summed E-state index contributed by atoms with van der Waals surface area (Å²) < 4.78 is 50.6. The molecule has 10 heteroatoms. The Labute approximate surface area is 111 Å². The van der Waals surface area contributed by atoms with Gasteiger partial charge in [-0.15, -0.1) is 0 Å². The lowest BCUT2D eigenvalue weighted by Gasteiger charge is -2.05. The predicted octanol–water partition coefficient (Wildman–Crippen LogP) is 2.28. The van der Waals surface area contributed by atoms with Crippen molar-refractivity contribution < 1.29 is 27.1 Å². The number of nitro groups is 1. The molecule has 0 saturated carbocycles. The second kappa shape index (κ2) is 5.57. The largest absolute Gasteiger partial charge is 0.474 e. The van der Waals surface area contributed by atoms with Crippen molar-refractivity contribution >= 4 is 21.3 Å². The summed E-state index contributed by atoms with van der Waals surface area (Å²) in [7, 11) is -3.48. The van der Waals surface area contributed by atoms with Crippen molar-refractivity contribution in [3.63, 3.8) is 0 Å². The maximum absolute atomic E-state index is 12.0. The van der Waals surface area contributed by atoms with E-state index < -0.39 is 32.5 Å². The van der Waals surface area contributed by atoms with E-state index in [2.05, 4.69) is 4.36 Å². The minimum atomic E-state index is -5.19. The number of nitrogens with zero attached hydrogens (tertiary/aromatic N) is 2. The van der Waals surface area contributed by atoms with Crippen LogP contribution in [0.1, 0.15) is 5.56 Å². The lowest BCUT2D eigenvalue weighted by Crippen LogP contribution is -2.22. The van der Waals surface area contributed by atoms with Crippen molar-refractivity contribution in [1.82, 2.24) is 0 Å². The molecular formula is C10H9F3N2O4S. The molecule has 0 aliphatic carbocycles. The highest BCUT2D eigenvalue weighted by atomic mass is 32.2. The Kier molecular flexibility index (Phi) is 4.48. The Morgan fingerprint density at radius 2 is 2.05 bits per heavy atom. The molecule has 20 heavy (non-hydrogen) atoms. The number of rotatable bonds is 3. The number of amides is 1. The van der Waals surface area contributed by atoms with Crippen LogP contribution in [0.3, 0.4) is 0 Å². The van der Waals surface area contributed by atoms with Crippen LogP contribution in [0.4, 0.5) is 18.9 Å². The van der Waals surface area contributed by atoms with Crippen LogP contribution in [0, 0.1) is 10.1 Å². The molecule has 1 rings (SSSR count). The van der Waals surface area contributed by atoms with Crippen molar-refractivity contribution in [1.29, 1.82) is 0 Å². The molecule has 0 fully saturated rings. The standard InChI is InChI=1S/C10H9F3N2O4S/c1-20(19,14-9(16)10(11,12)13)6-7-3-2-4-8(5-7)15(17)18/h2-5H,6H2,1H3. The minimum absolute atomic E-state index is 0.158. The van der Waals surface area contributed by atoms with E-state index in [4.69, 9.17) is 0 Å². The molecule has 0 saturated heterocycles. The number of carbonyl (C=O) groups is 1. The normalized spacial score (nSPS) is 14.4. The molecule has 1 amide bonds. The first-order chi connectivity index (χ1) is 9.01. The first-order valence-electron chi connectivity index (χ1n) is 5.05. The fourth-order valence-electron chi connectivity index (χ4n) is 1.33. The van der Waals surface area contributed by atoms with Gasteiger partial charge in [0, 0.05) is 18.4 Å². The van der Waals surface area contributed by atoms with E-state index in [1.54, 1.807) is 0 Å². The topological polar surface area (TPSA) is 89.6 Å². The van der Waals surface area contributed by atoms with Gasteiger partial charge in [0.2, 0.25) is 0 Å². The van der Waals surface area contributed by atoms with Crippen LogP contribution in [-0.4, -0.2) is 27.5 Å². The van der Waals surface area contributed by atoms with Crippen LogP contribution >= 0.6 is 0 Å². The Morgan fingerprint density at radius 3 is 2.55 bits per heavy atom. The molecular weight excluding hydrogens is 301 g/mol. The summed E-state index contributed by atoms with van der Waals surface area (Å²) in [6.07, 6.45) is -4.31. The van der Waals surface area contributed by atoms with Gasteiger partial charge in [0.25, 0.3) is 5.69 Å². The average Bonchev–Trinajstić information content (AvgIpc) is 2.26. The lowest BCUT2D eigenvalue weighted by atomic mass is 10.2. The van der Waals surface area contributed by atoms with Gasteiger partial charge in [0.05, 0.1) is 20.4 Å². The Balaban J connectivity index is 3.06. The Hall–Kier alpha value is -1.97. The van der Waals surface area contributed by atoms with Crippen LogP contribution < -0.4 is 0 Å². The summed E-state index contributed by atoms with van der Waals surface area (Å²) in [5.74, 6) is -2.92. The molecule has 0 bridgehead atoms. The van der Waals surface area contributed by atoms with E-state index >= 15 is 0 Å². The van der Waals surface area contributed by atoms with Gasteiger partial charge in [0.15, 0.2) is 0 Å². The zero-order valence-electron chi connectivity index (χ0n) is 10.1. The highest BCUT2D eigenvalue weighted by Gasteiger charge is 2.39. The zero-order valence-corrected chi connectivity index (χ0v) is 10.9. The summed E-state index contributed by atoms with van der Waals surface area (Å²) >= 11 is 0. The third-order valence-corrected chi connectivity index (χ3v) is 3.50. The van der Waals surface area contributed by atoms with Gasteiger partial charge >= 0.3 is 12.1 Å². The van der Waals surface area contributed by atoms with Crippen molar-refractivity contribution in [3.05, 3.63) is 39.9 Å². The molecule has 0 aliphatic heterocycles. The van der Waals surface area contributed by atoms with Crippen molar-refractivity contribution in [2.24, 2.45) is 4.36 Å². The van der Waals surface area contributed by atoms with Crippen molar-refractivity contribution in [2.75, 3.05) is 6.26 Å². The fourth-order valence-corrected chi connectivity index (χ4v) is 2.65. The number of hydrogen-bond acceptors (Lipinski definition) is 4. The maximum Gasteiger partial charge on any atom is 0.474 e. The Morgan fingerprint density at radius 1 is 1.45 bits per heavy atom. The number of alkyl halides is 3. The first kappa shape index (κ1) is 16.1. The SMILES string of the molecule is CS(=O)(Cc1cccc([N+](=O)[O-])c1)=NC(=O)C(F)(F)F. The van der Waals surface area contributed by atoms with Crippen molar-refractivity contribution in [3.8, 4) is 0 Å². The monoisotopic (exact) mass is 310 g/mol. The van der Waals surface area contributed by atoms with E-state index in [0.29, 0.717) is 0 Å². The molecule has 0 N–H and O–H groups in total. The number of carbonyl (C=O) groups excluding carboxylic acids is 1.